The van der Waals surface area contributed by atoms with Crippen LogP contribution in [-0.2, 0) is 19.1 Å². The zero-order valence-corrected chi connectivity index (χ0v) is 17.6. The van der Waals surface area contributed by atoms with E-state index in [4.69, 9.17) is 4.74 Å². The Morgan fingerprint density at radius 1 is 1.07 bits per heavy atom. The molecule has 1 N–H and O–H groups in total. The van der Waals surface area contributed by atoms with Crippen LogP contribution in [0.4, 0.5) is 5.69 Å². The van der Waals surface area contributed by atoms with Gasteiger partial charge in [0, 0.05) is 6.04 Å². The van der Waals surface area contributed by atoms with Gasteiger partial charge in [-0.3, -0.25) is 19.7 Å². The summed E-state index contributed by atoms with van der Waals surface area (Å²) in [6.07, 6.45) is 0. The zero-order chi connectivity index (χ0) is 21.6. The smallest absolute Gasteiger partial charge is 0.326 e. The highest BCUT2D eigenvalue weighted by molar-refractivity contribution is 6.24. The van der Waals surface area contributed by atoms with Gasteiger partial charge in [0.1, 0.15) is 5.54 Å². The van der Waals surface area contributed by atoms with E-state index in [0.717, 1.165) is 16.7 Å². The Bertz CT molecular complexity index is 1020. The molecule has 2 aromatic rings. The minimum atomic E-state index is -1.29. The fourth-order valence-electron chi connectivity index (χ4n) is 4.76. The number of esters is 1. The third-order valence-corrected chi connectivity index (χ3v) is 6.30. The fraction of sp³-hybridized carbons (Fsp3) is 0.375. The van der Waals surface area contributed by atoms with Crippen molar-refractivity contribution in [1.82, 2.24) is 5.32 Å². The Kier molecular flexibility index (Phi) is 4.98. The number of fused-ring (bicyclic) bond motifs is 1. The molecule has 0 aliphatic carbocycles. The van der Waals surface area contributed by atoms with Crippen LogP contribution in [0.3, 0.4) is 0 Å². The molecule has 4 atom stereocenters. The average molecular weight is 406 g/mol. The molecular formula is C24H26N2O4. The van der Waals surface area contributed by atoms with Crippen LogP contribution in [0.15, 0.2) is 48.5 Å². The summed E-state index contributed by atoms with van der Waals surface area (Å²) in [6, 6.07) is 14.5. The molecule has 0 bridgehead atoms. The largest absolute Gasteiger partial charge is 0.465 e. The third-order valence-electron chi connectivity index (χ3n) is 6.30. The van der Waals surface area contributed by atoms with E-state index in [1.54, 1.807) is 26.0 Å². The number of nitrogens with one attached hydrogen (secondary N) is 1. The van der Waals surface area contributed by atoms with Gasteiger partial charge in [0.25, 0.3) is 0 Å². The van der Waals surface area contributed by atoms with E-state index < -0.39 is 29.4 Å². The van der Waals surface area contributed by atoms with Crippen molar-refractivity contribution >= 4 is 23.5 Å². The normalized spacial score (nSPS) is 28.0. The first kappa shape index (κ1) is 20.3. The van der Waals surface area contributed by atoms with Gasteiger partial charge in [-0.15, -0.1) is 0 Å². The van der Waals surface area contributed by atoms with Crippen molar-refractivity contribution in [1.29, 1.82) is 0 Å². The van der Waals surface area contributed by atoms with Crippen molar-refractivity contribution in [3.05, 3.63) is 65.2 Å². The van der Waals surface area contributed by atoms with Gasteiger partial charge >= 0.3 is 5.97 Å². The third kappa shape index (κ3) is 2.94. The Morgan fingerprint density at radius 3 is 2.37 bits per heavy atom. The van der Waals surface area contributed by atoms with Crippen molar-refractivity contribution in [2.24, 2.45) is 11.8 Å². The van der Waals surface area contributed by atoms with Crippen LogP contribution in [0.2, 0.25) is 0 Å². The van der Waals surface area contributed by atoms with Crippen molar-refractivity contribution in [2.75, 3.05) is 11.5 Å². The molecule has 0 aromatic heterocycles. The maximum atomic E-state index is 13.6. The number of aryl methyl sites for hydroxylation is 2. The van der Waals surface area contributed by atoms with E-state index in [1.807, 2.05) is 50.2 Å². The molecule has 0 radical (unpaired) electrons. The monoisotopic (exact) mass is 406 g/mol. The number of hydrogen-bond acceptors (Lipinski definition) is 5. The molecule has 2 aliphatic heterocycles. The minimum absolute atomic E-state index is 0.201. The van der Waals surface area contributed by atoms with Crippen LogP contribution in [-0.4, -0.2) is 29.9 Å². The molecule has 2 aromatic carbocycles. The second-order valence-corrected chi connectivity index (χ2v) is 8.25. The number of ether oxygens (including phenoxy) is 1. The average Bonchev–Trinajstić information content (AvgIpc) is 3.17. The number of rotatable bonds is 4. The molecule has 2 fully saturated rings. The summed E-state index contributed by atoms with van der Waals surface area (Å²) < 4.78 is 5.31. The molecule has 4 rings (SSSR count). The number of carbonyl (C=O) groups excluding carboxylic acids is 3. The molecule has 0 saturated carbocycles. The van der Waals surface area contributed by atoms with E-state index in [-0.39, 0.29) is 18.4 Å². The number of hydrogen-bond donors (Lipinski definition) is 1. The topological polar surface area (TPSA) is 75.7 Å². The number of carbonyl (C=O) groups is 3. The van der Waals surface area contributed by atoms with Gasteiger partial charge in [0.15, 0.2) is 0 Å². The van der Waals surface area contributed by atoms with Gasteiger partial charge in [0.2, 0.25) is 11.8 Å². The van der Waals surface area contributed by atoms with Gasteiger partial charge in [0.05, 0.1) is 24.1 Å². The molecule has 0 spiro atoms. The van der Waals surface area contributed by atoms with Crippen LogP contribution < -0.4 is 10.2 Å². The lowest BCUT2D eigenvalue weighted by Crippen LogP contribution is -2.54. The van der Waals surface area contributed by atoms with Gasteiger partial charge in [-0.2, -0.15) is 0 Å². The molecule has 2 amide bonds. The van der Waals surface area contributed by atoms with Crippen LogP contribution in [0.25, 0.3) is 0 Å². The number of amides is 2. The highest BCUT2D eigenvalue weighted by Crippen LogP contribution is 2.50. The predicted molar refractivity (Wildman–Crippen MR) is 113 cm³/mol. The predicted octanol–water partition coefficient (Wildman–Crippen LogP) is 3.08. The van der Waals surface area contributed by atoms with Crippen molar-refractivity contribution in [2.45, 2.75) is 39.3 Å². The number of benzene rings is 2. The van der Waals surface area contributed by atoms with E-state index in [1.165, 1.54) is 4.90 Å². The maximum Gasteiger partial charge on any atom is 0.326 e. The Morgan fingerprint density at radius 2 is 1.73 bits per heavy atom. The van der Waals surface area contributed by atoms with Crippen LogP contribution >= 0.6 is 0 Å². The van der Waals surface area contributed by atoms with Crippen LogP contribution in [0.5, 0.6) is 0 Å². The molecule has 2 saturated heterocycles. The first-order valence-corrected chi connectivity index (χ1v) is 10.2. The number of anilines is 1. The zero-order valence-electron chi connectivity index (χ0n) is 17.6. The standard InChI is InChI=1S/C24H26N2O4/c1-5-30-23(29)24(4)19-18(20(25-24)17-9-7-6-8-15(17)3)21(27)26(22(19)28)16-12-10-14(2)11-13-16/h6-13,18-20,25H,5H2,1-4H3/t18-,19+,20-,24-/m0/s1. The quantitative estimate of drug-likeness (QED) is 0.624. The molecule has 2 heterocycles. The molecule has 0 unspecified atom stereocenters. The summed E-state index contributed by atoms with van der Waals surface area (Å²) in [5, 5.41) is 3.31. The maximum absolute atomic E-state index is 13.6. The molecule has 30 heavy (non-hydrogen) atoms. The molecule has 6 heteroatoms. The Labute approximate surface area is 176 Å². The lowest BCUT2D eigenvalue weighted by Gasteiger charge is -2.29. The van der Waals surface area contributed by atoms with Crippen LogP contribution in [0, 0.1) is 25.7 Å². The summed E-state index contributed by atoms with van der Waals surface area (Å²) in [5.41, 5.74) is 2.18. The van der Waals surface area contributed by atoms with E-state index in [9.17, 15) is 14.4 Å². The Hall–Kier alpha value is -2.99. The molecule has 156 valence electrons. The summed E-state index contributed by atoms with van der Waals surface area (Å²) in [7, 11) is 0. The van der Waals surface area contributed by atoms with Crippen molar-refractivity contribution < 1.29 is 19.1 Å². The van der Waals surface area contributed by atoms with Gasteiger partial charge < -0.3 is 4.74 Å². The molecule has 2 aliphatic rings. The molecule has 6 nitrogen and oxygen atoms in total. The van der Waals surface area contributed by atoms with Gasteiger partial charge in [-0.25, -0.2) is 4.90 Å². The van der Waals surface area contributed by atoms with E-state index >= 15 is 0 Å². The van der Waals surface area contributed by atoms with Crippen molar-refractivity contribution in [3.63, 3.8) is 0 Å². The highest BCUT2D eigenvalue weighted by atomic mass is 16.5. The minimum Gasteiger partial charge on any atom is -0.465 e. The first-order valence-electron chi connectivity index (χ1n) is 10.2. The first-order chi connectivity index (χ1) is 14.3. The second-order valence-electron chi connectivity index (χ2n) is 8.25. The molecular weight excluding hydrogens is 380 g/mol. The summed E-state index contributed by atoms with van der Waals surface area (Å²) in [5.74, 6) is -2.69. The lowest BCUT2D eigenvalue weighted by molar-refractivity contribution is -0.153. The highest BCUT2D eigenvalue weighted by Gasteiger charge is 2.67. The summed E-state index contributed by atoms with van der Waals surface area (Å²) in [6.45, 7) is 7.51. The number of imide groups is 1. The second kappa shape index (κ2) is 7.36. The van der Waals surface area contributed by atoms with Crippen molar-refractivity contribution in [3.8, 4) is 0 Å². The summed E-state index contributed by atoms with van der Waals surface area (Å²) >= 11 is 0. The number of nitrogens with zero attached hydrogens (tertiary/aromatic N) is 1. The fourth-order valence-corrected chi connectivity index (χ4v) is 4.76. The van der Waals surface area contributed by atoms with E-state index in [2.05, 4.69) is 5.32 Å². The Balaban J connectivity index is 1.83. The van der Waals surface area contributed by atoms with Gasteiger partial charge in [-0.05, 0) is 51.0 Å². The van der Waals surface area contributed by atoms with Gasteiger partial charge in [-0.1, -0.05) is 42.0 Å². The SMILES string of the molecule is CCOC(=O)[C@@]1(C)N[C@@H](c2ccccc2C)[C@H]2C(=O)N(c3ccc(C)cc3)C(=O)[C@@H]21. The van der Waals surface area contributed by atoms with E-state index in [0.29, 0.717) is 5.69 Å². The summed E-state index contributed by atoms with van der Waals surface area (Å²) in [4.78, 5) is 41.3. The lowest BCUT2D eigenvalue weighted by atomic mass is 9.80. The van der Waals surface area contributed by atoms with Crippen LogP contribution in [0.1, 0.15) is 36.6 Å².